The van der Waals surface area contributed by atoms with Crippen LogP contribution in [-0.2, 0) is 11.3 Å². The van der Waals surface area contributed by atoms with Gasteiger partial charge in [-0.25, -0.2) is 0 Å². The van der Waals surface area contributed by atoms with Gasteiger partial charge in [0.25, 0.3) is 0 Å². The SMILES string of the molecule is Cc1ccccc1NC(=O)CN1CCN(Cc2cccnc2C)CC1. The molecule has 5 nitrogen and oxygen atoms in total. The molecular formula is C20H26N4O. The van der Waals surface area contributed by atoms with Gasteiger partial charge in [0.2, 0.25) is 5.91 Å². The van der Waals surface area contributed by atoms with Gasteiger partial charge in [0.05, 0.1) is 6.54 Å². The van der Waals surface area contributed by atoms with Crippen LogP contribution < -0.4 is 5.32 Å². The summed E-state index contributed by atoms with van der Waals surface area (Å²) >= 11 is 0. The molecule has 0 spiro atoms. The van der Waals surface area contributed by atoms with Crippen LogP contribution in [0.3, 0.4) is 0 Å². The highest BCUT2D eigenvalue weighted by Crippen LogP contribution is 2.14. The van der Waals surface area contributed by atoms with Crippen LogP contribution in [0.4, 0.5) is 5.69 Å². The first-order valence-electron chi connectivity index (χ1n) is 8.82. The van der Waals surface area contributed by atoms with Gasteiger partial charge in [-0.2, -0.15) is 0 Å². The van der Waals surface area contributed by atoms with Crippen LogP contribution in [0, 0.1) is 13.8 Å². The van der Waals surface area contributed by atoms with Crippen molar-refractivity contribution in [3.63, 3.8) is 0 Å². The van der Waals surface area contributed by atoms with Crippen molar-refractivity contribution >= 4 is 11.6 Å². The number of nitrogens with one attached hydrogen (secondary N) is 1. The molecule has 0 aliphatic carbocycles. The third-order valence-electron chi connectivity index (χ3n) is 4.76. The number of rotatable bonds is 5. The summed E-state index contributed by atoms with van der Waals surface area (Å²) in [6, 6.07) is 12.0. The molecule has 1 saturated heterocycles. The van der Waals surface area contributed by atoms with Gasteiger partial charge < -0.3 is 5.32 Å². The third kappa shape index (κ3) is 4.87. The van der Waals surface area contributed by atoms with Crippen molar-refractivity contribution in [2.45, 2.75) is 20.4 Å². The number of benzene rings is 1. The Morgan fingerprint density at radius 1 is 1.04 bits per heavy atom. The standard InChI is InChI=1S/C20H26N4O/c1-16-6-3-4-8-19(16)22-20(25)15-24-12-10-23(11-13-24)14-18-7-5-9-21-17(18)2/h3-9H,10-15H2,1-2H3,(H,22,25). The molecule has 1 amide bonds. The van der Waals surface area contributed by atoms with Gasteiger partial charge >= 0.3 is 0 Å². The lowest BCUT2D eigenvalue weighted by Crippen LogP contribution is -2.48. The number of pyridine rings is 1. The number of hydrogen-bond donors (Lipinski definition) is 1. The number of amides is 1. The van der Waals surface area contributed by atoms with E-state index in [0.29, 0.717) is 6.54 Å². The Kier molecular flexibility index (Phi) is 5.79. The van der Waals surface area contributed by atoms with E-state index >= 15 is 0 Å². The van der Waals surface area contributed by atoms with Crippen LogP contribution in [0.5, 0.6) is 0 Å². The fourth-order valence-corrected chi connectivity index (χ4v) is 3.14. The number of carbonyl (C=O) groups is 1. The first kappa shape index (κ1) is 17.6. The van der Waals surface area contributed by atoms with Crippen molar-refractivity contribution in [1.29, 1.82) is 0 Å². The molecule has 0 radical (unpaired) electrons. The highest BCUT2D eigenvalue weighted by atomic mass is 16.2. The summed E-state index contributed by atoms with van der Waals surface area (Å²) in [7, 11) is 0. The summed E-state index contributed by atoms with van der Waals surface area (Å²) in [4.78, 5) is 21.3. The van der Waals surface area contributed by atoms with Crippen LogP contribution in [0.15, 0.2) is 42.6 Å². The van der Waals surface area contributed by atoms with E-state index in [1.807, 2.05) is 43.5 Å². The van der Waals surface area contributed by atoms with Gasteiger partial charge in [-0.3, -0.25) is 19.6 Å². The van der Waals surface area contributed by atoms with E-state index in [9.17, 15) is 4.79 Å². The molecule has 25 heavy (non-hydrogen) atoms. The van der Waals surface area contributed by atoms with Crippen molar-refractivity contribution < 1.29 is 4.79 Å². The van der Waals surface area contributed by atoms with Gasteiger partial charge in [0, 0.05) is 50.3 Å². The normalized spacial score (nSPS) is 15.9. The smallest absolute Gasteiger partial charge is 0.238 e. The lowest BCUT2D eigenvalue weighted by atomic mass is 10.2. The Morgan fingerprint density at radius 3 is 2.48 bits per heavy atom. The summed E-state index contributed by atoms with van der Waals surface area (Å²) in [5.41, 5.74) is 4.38. The molecule has 0 saturated carbocycles. The molecule has 1 aromatic heterocycles. The molecule has 1 N–H and O–H groups in total. The molecule has 2 heterocycles. The lowest BCUT2D eigenvalue weighted by Gasteiger charge is -2.34. The van der Waals surface area contributed by atoms with E-state index < -0.39 is 0 Å². The maximum atomic E-state index is 12.3. The molecule has 0 atom stereocenters. The summed E-state index contributed by atoms with van der Waals surface area (Å²) in [6.07, 6.45) is 1.84. The second-order valence-corrected chi connectivity index (χ2v) is 6.66. The number of anilines is 1. The number of hydrogen-bond acceptors (Lipinski definition) is 4. The van der Waals surface area contributed by atoms with Crippen LogP contribution in [0.2, 0.25) is 0 Å². The zero-order chi connectivity index (χ0) is 17.6. The second kappa shape index (κ2) is 8.23. The largest absolute Gasteiger partial charge is 0.325 e. The summed E-state index contributed by atoms with van der Waals surface area (Å²) in [5, 5.41) is 3.01. The van der Waals surface area contributed by atoms with E-state index in [4.69, 9.17) is 0 Å². The average molecular weight is 338 g/mol. The van der Waals surface area contributed by atoms with Crippen LogP contribution in [-0.4, -0.2) is 53.4 Å². The highest BCUT2D eigenvalue weighted by Gasteiger charge is 2.19. The fraction of sp³-hybridized carbons (Fsp3) is 0.400. The monoisotopic (exact) mass is 338 g/mol. The Hall–Kier alpha value is -2.24. The van der Waals surface area contributed by atoms with E-state index in [0.717, 1.165) is 49.7 Å². The molecule has 132 valence electrons. The summed E-state index contributed by atoms with van der Waals surface area (Å²) < 4.78 is 0. The van der Waals surface area contributed by atoms with Crippen molar-refractivity contribution in [1.82, 2.24) is 14.8 Å². The summed E-state index contributed by atoms with van der Waals surface area (Å²) in [6.45, 7) is 9.24. The van der Waals surface area contributed by atoms with E-state index in [1.54, 1.807) is 0 Å². The van der Waals surface area contributed by atoms with E-state index in [1.165, 1.54) is 5.56 Å². The third-order valence-corrected chi connectivity index (χ3v) is 4.76. The molecule has 5 heteroatoms. The number of piperazine rings is 1. The highest BCUT2D eigenvalue weighted by molar-refractivity contribution is 5.92. The quantitative estimate of drug-likeness (QED) is 0.910. The van der Waals surface area contributed by atoms with Crippen molar-refractivity contribution in [2.75, 3.05) is 38.0 Å². The maximum absolute atomic E-state index is 12.3. The van der Waals surface area contributed by atoms with E-state index in [2.05, 4.69) is 33.1 Å². The van der Waals surface area contributed by atoms with Gasteiger partial charge in [-0.15, -0.1) is 0 Å². The predicted molar refractivity (Wildman–Crippen MR) is 100 cm³/mol. The molecule has 1 aromatic carbocycles. The van der Waals surface area contributed by atoms with Crippen LogP contribution >= 0.6 is 0 Å². The first-order valence-corrected chi connectivity index (χ1v) is 8.82. The fourth-order valence-electron chi connectivity index (χ4n) is 3.14. The van der Waals surface area contributed by atoms with Crippen LogP contribution in [0.25, 0.3) is 0 Å². The zero-order valence-electron chi connectivity index (χ0n) is 15.0. The Morgan fingerprint density at radius 2 is 1.76 bits per heavy atom. The van der Waals surface area contributed by atoms with Crippen LogP contribution in [0.1, 0.15) is 16.8 Å². The predicted octanol–water partition coefficient (Wildman–Crippen LogP) is 2.45. The molecule has 2 aromatic rings. The number of carbonyl (C=O) groups excluding carboxylic acids is 1. The Bertz CT molecular complexity index is 723. The van der Waals surface area contributed by atoms with E-state index in [-0.39, 0.29) is 5.91 Å². The van der Waals surface area contributed by atoms with Gasteiger partial charge in [-0.05, 0) is 37.1 Å². The Balaban J connectivity index is 1.45. The maximum Gasteiger partial charge on any atom is 0.238 e. The van der Waals surface area contributed by atoms with Gasteiger partial charge in [-0.1, -0.05) is 24.3 Å². The minimum absolute atomic E-state index is 0.0610. The number of aromatic nitrogens is 1. The molecule has 0 bridgehead atoms. The first-order chi connectivity index (χ1) is 12.1. The average Bonchev–Trinajstić information content (AvgIpc) is 2.61. The topological polar surface area (TPSA) is 48.5 Å². The van der Waals surface area contributed by atoms with Crippen molar-refractivity contribution in [2.24, 2.45) is 0 Å². The summed E-state index contributed by atoms with van der Waals surface area (Å²) in [5.74, 6) is 0.0610. The number of nitrogens with zero attached hydrogens (tertiary/aromatic N) is 3. The number of para-hydroxylation sites is 1. The molecule has 1 fully saturated rings. The zero-order valence-corrected chi connectivity index (χ0v) is 15.0. The number of aryl methyl sites for hydroxylation is 2. The van der Waals surface area contributed by atoms with Gasteiger partial charge in [0.1, 0.15) is 0 Å². The minimum Gasteiger partial charge on any atom is -0.325 e. The minimum atomic E-state index is 0.0610. The molecular weight excluding hydrogens is 312 g/mol. The molecule has 1 aliphatic rings. The molecule has 3 rings (SSSR count). The second-order valence-electron chi connectivity index (χ2n) is 6.66. The lowest BCUT2D eigenvalue weighted by molar-refractivity contribution is -0.117. The van der Waals surface area contributed by atoms with Crippen molar-refractivity contribution in [3.05, 3.63) is 59.4 Å². The van der Waals surface area contributed by atoms with Gasteiger partial charge in [0.15, 0.2) is 0 Å². The Labute approximate surface area is 149 Å². The van der Waals surface area contributed by atoms with Crippen molar-refractivity contribution in [3.8, 4) is 0 Å². The molecule has 0 unspecified atom stereocenters. The molecule has 1 aliphatic heterocycles.